The van der Waals surface area contributed by atoms with Crippen molar-refractivity contribution in [1.29, 1.82) is 0 Å². The summed E-state index contributed by atoms with van der Waals surface area (Å²) in [4.78, 5) is 0. The number of hydrogen-bond acceptors (Lipinski definition) is 6. The van der Waals surface area contributed by atoms with Gasteiger partial charge in [0.25, 0.3) is 0 Å². The van der Waals surface area contributed by atoms with E-state index in [-0.39, 0.29) is 0 Å². The summed E-state index contributed by atoms with van der Waals surface area (Å²) in [5.74, 6) is -0.229. The molecule has 21 heavy (non-hydrogen) atoms. The van der Waals surface area contributed by atoms with Crippen molar-refractivity contribution < 1.29 is 30.6 Å². The van der Waals surface area contributed by atoms with E-state index in [0.29, 0.717) is 11.4 Å². The first-order valence-electron chi connectivity index (χ1n) is 6.29. The van der Waals surface area contributed by atoms with Gasteiger partial charge in [0.15, 0.2) is 0 Å². The molecule has 0 radical (unpaired) electrons. The first kappa shape index (κ1) is 17.9. The van der Waals surface area contributed by atoms with E-state index in [9.17, 15) is 25.5 Å². The van der Waals surface area contributed by atoms with Gasteiger partial charge in [0.05, 0.1) is 6.61 Å². The Labute approximate surface area is 127 Å². The summed E-state index contributed by atoms with van der Waals surface area (Å²) >= 11 is 5.65. The van der Waals surface area contributed by atoms with E-state index in [2.05, 4.69) is 0 Å². The molecule has 1 aromatic rings. The third-order valence-corrected chi connectivity index (χ3v) is 3.31. The van der Waals surface area contributed by atoms with Crippen molar-refractivity contribution in [2.75, 3.05) is 6.61 Å². The van der Waals surface area contributed by atoms with Crippen LogP contribution < -0.4 is 0 Å². The van der Waals surface area contributed by atoms with Gasteiger partial charge < -0.3 is 30.6 Å². The van der Waals surface area contributed by atoms with Gasteiger partial charge in [-0.3, -0.25) is 0 Å². The second kappa shape index (κ2) is 8.33. The minimum absolute atomic E-state index is 0.350. The highest BCUT2D eigenvalue weighted by Crippen LogP contribution is 2.15. The topological polar surface area (TPSA) is 121 Å². The molecule has 0 amide bonds. The quantitative estimate of drug-likeness (QED) is 0.305. The summed E-state index contributed by atoms with van der Waals surface area (Å²) in [7, 11) is 0. The molecule has 0 aliphatic rings. The van der Waals surface area contributed by atoms with Crippen molar-refractivity contribution in [3.05, 3.63) is 41.2 Å². The highest BCUT2D eigenvalue weighted by molar-refractivity contribution is 6.17. The van der Waals surface area contributed by atoms with E-state index < -0.39 is 36.8 Å². The van der Waals surface area contributed by atoms with E-state index in [1.165, 1.54) is 6.08 Å². The van der Waals surface area contributed by atoms with Crippen LogP contribution in [0.5, 0.6) is 0 Å². The number of aliphatic hydroxyl groups excluding tert-OH is 6. The predicted octanol–water partition coefficient (Wildman–Crippen LogP) is -0.240. The fraction of sp³-hybridized carbons (Fsp3) is 0.429. The van der Waals surface area contributed by atoms with Crippen LogP contribution in [0.2, 0.25) is 0 Å². The molecule has 0 unspecified atom stereocenters. The molecular weight excluding hydrogens is 300 g/mol. The molecule has 0 fully saturated rings. The van der Waals surface area contributed by atoms with Crippen molar-refractivity contribution in [3.8, 4) is 0 Å². The first-order chi connectivity index (χ1) is 9.90. The highest BCUT2D eigenvalue weighted by Gasteiger charge is 2.32. The maximum Gasteiger partial charge on any atom is 0.139 e. The van der Waals surface area contributed by atoms with Crippen molar-refractivity contribution in [1.82, 2.24) is 0 Å². The van der Waals surface area contributed by atoms with Gasteiger partial charge in [0.1, 0.15) is 30.2 Å². The SMILES string of the molecule is OC[C@H](O)[C@@H](O)[C@@H](O)[C@@H](O)/C(O)=C/c1ccc(CCl)cc1. The molecule has 0 aromatic heterocycles. The van der Waals surface area contributed by atoms with Crippen LogP contribution in [0.1, 0.15) is 11.1 Å². The van der Waals surface area contributed by atoms with Crippen molar-refractivity contribution in [2.45, 2.75) is 30.3 Å². The minimum Gasteiger partial charge on any atom is -0.509 e. The molecule has 4 atom stereocenters. The van der Waals surface area contributed by atoms with Crippen LogP contribution in [0.4, 0.5) is 0 Å². The summed E-state index contributed by atoms with van der Waals surface area (Å²) in [5.41, 5.74) is 1.44. The lowest BCUT2D eigenvalue weighted by Gasteiger charge is -2.25. The molecular formula is C14H19ClO6. The zero-order valence-electron chi connectivity index (χ0n) is 11.2. The van der Waals surface area contributed by atoms with Crippen molar-refractivity contribution >= 4 is 17.7 Å². The molecule has 0 spiro atoms. The van der Waals surface area contributed by atoms with Crippen LogP contribution in [0.3, 0.4) is 0 Å². The Bertz CT molecular complexity index is 461. The molecule has 6 nitrogen and oxygen atoms in total. The fourth-order valence-electron chi connectivity index (χ4n) is 1.66. The number of benzene rings is 1. The lowest BCUT2D eigenvalue weighted by Crippen LogP contribution is -2.46. The Balaban J connectivity index is 2.80. The second-order valence-electron chi connectivity index (χ2n) is 4.62. The number of hydrogen-bond donors (Lipinski definition) is 6. The lowest BCUT2D eigenvalue weighted by molar-refractivity contribution is -0.112. The van der Waals surface area contributed by atoms with Gasteiger partial charge >= 0.3 is 0 Å². The second-order valence-corrected chi connectivity index (χ2v) is 4.89. The smallest absolute Gasteiger partial charge is 0.139 e. The van der Waals surface area contributed by atoms with Crippen LogP contribution in [0.15, 0.2) is 30.0 Å². The van der Waals surface area contributed by atoms with E-state index in [0.717, 1.165) is 5.56 Å². The normalized spacial score (nSPS) is 18.1. The first-order valence-corrected chi connectivity index (χ1v) is 6.82. The molecule has 118 valence electrons. The van der Waals surface area contributed by atoms with E-state index in [4.69, 9.17) is 16.7 Å². The van der Waals surface area contributed by atoms with Crippen LogP contribution in [-0.4, -0.2) is 61.7 Å². The molecule has 7 heteroatoms. The summed E-state index contributed by atoms with van der Waals surface area (Å²) in [6, 6.07) is 6.79. The lowest BCUT2D eigenvalue weighted by atomic mass is 10.0. The Morgan fingerprint density at radius 2 is 1.62 bits per heavy atom. The van der Waals surface area contributed by atoms with Gasteiger partial charge in [-0.05, 0) is 17.2 Å². The number of halogens is 1. The minimum atomic E-state index is -1.84. The maximum atomic E-state index is 9.74. The number of rotatable bonds is 7. The van der Waals surface area contributed by atoms with Gasteiger partial charge in [-0.25, -0.2) is 0 Å². The Morgan fingerprint density at radius 1 is 1.05 bits per heavy atom. The molecule has 0 saturated heterocycles. The van der Waals surface area contributed by atoms with Gasteiger partial charge in [0.2, 0.25) is 0 Å². The highest BCUT2D eigenvalue weighted by atomic mass is 35.5. The molecule has 1 rings (SSSR count). The monoisotopic (exact) mass is 318 g/mol. The molecule has 1 aromatic carbocycles. The molecule has 6 N–H and O–H groups in total. The van der Waals surface area contributed by atoms with Crippen LogP contribution in [0, 0.1) is 0 Å². The van der Waals surface area contributed by atoms with E-state index >= 15 is 0 Å². The maximum absolute atomic E-state index is 9.74. The fourth-order valence-corrected chi connectivity index (χ4v) is 1.83. The molecule has 0 aliphatic carbocycles. The van der Waals surface area contributed by atoms with Gasteiger partial charge in [-0.15, -0.1) is 11.6 Å². The van der Waals surface area contributed by atoms with Crippen molar-refractivity contribution in [3.63, 3.8) is 0 Å². The Kier molecular flexibility index (Phi) is 7.10. The van der Waals surface area contributed by atoms with E-state index in [1.807, 2.05) is 0 Å². The standard InChI is InChI=1S/C14H19ClO6/c15-6-9-3-1-8(2-4-9)5-10(17)12(19)14(21)13(20)11(18)7-16/h1-5,11-14,16-21H,6-7H2/b10-5-/t11-,12-,13+,14-/m0/s1. The molecule has 0 bridgehead atoms. The summed E-state index contributed by atoms with van der Waals surface area (Å²) in [6.45, 7) is -0.782. The largest absolute Gasteiger partial charge is 0.509 e. The number of alkyl halides is 1. The summed E-state index contributed by atoms with van der Waals surface area (Å²) < 4.78 is 0. The average Bonchev–Trinajstić information content (AvgIpc) is 2.52. The van der Waals surface area contributed by atoms with Gasteiger partial charge in [-0.2, -0.15) is 0 Å². The zero-order valence-corrected chi connectivity index (χ0v) is 11.9. The molecule has 0 heterocycles. The van der Waals surface area contributed by atoms with Gasteiger partial charge in [-0.1, -0.05) is 24.3 Å². The van der Waals surface area contributed by atoms with Crippen LogP contribution in [0.25, 0.3) is 6.08 Å². The predicted molar refractivity (Wildman–Crippen MR) is 77.7 cm³/mol. The third-order valence-electron chi connectivity index (χ3n) is 3.01. The molecule has 0 aliphatic heterocycles. The summed E-state index contributed by atoms with van der Waals surface area (Å²) in [6.07, 6.45) is -5.84. The average molecular weight is 319 g/mol. The third kappa shape index (κ3) is 4.96. The van der Waals surface area contributed by atoms with Crippen LogP contribution in [-0.2, 0) is 5.88 Å². The zero-order chi connectivity index (χ0) is 16.0. The van der Waals surface area contributed by atoms with E-state index in [1.54, 1.807) is 24.3 Å². The number of aliphatic hydroxyl groups is 6. The van der Waals surface area contributed by atoms with Crippen LogP contribution >= 0.6 is 11.6 Å². The Morgan fingerprint density at radius 3 is 2.10 bits per heavy atom. The van der Waals surface area contributed by atoms with Gasteiger partial charge in [0, 0.05) is 5.88 Å². The summed E-state index contributed by atoms with van der Waals surface area (Å²) in [5, 5.41) is 56.4. The van der Waals surface area contributed by atoms with Crippen molar-refractivity contribution in [2.24, 2.45) is 0 Å². The molecule has 0 saturated carbocycles. The Hall–Kier alpha value is -1.15.